The molecule has 2 heterocycles. The minimum Gasteiger partial charge on any atom is -0.431 e. The molecule has 0 saturated carbocycles. The maximum absolute atomic E-state index is 11.5. The van der Waals surface area contributed by atoms with E-state index in [-0.39, 0.29) is 0 Å². The van der Waals surface area contributed by atoms with Crippen LogP contribution in [0.2, 0.25) is 0 Å². The lowest BCUT2D eigenvalue weighted by molar-refractivity contribution is -0.123. The number of ether oxygens (including phenoxy) is 1. The molecule has 0 bridgehead atoms. The molecule has 5 nitrogen and oxygen atoms in total. The zero-order valence-electron chi connectivity index (χ0n) is 8.19. The third-order valence-electron chi connectivity index (χ3n) is 2.59. The van der Waals surface area contributed by atoms with E-state index in [1.807, 2.05) is 24.3 Å². The fourth-order valence-corrected chi connectivity index (χ4v) is 1.87. The Bertz CT molecular complexity index is 588. The zero-order valence-corrected chi connectivity index (χ0v) is 8.19. The van der Waals surface area contributed by atoms with Gasteiger partial charge in [0.15, 0.2) is 0 Å². The number of aromatic amines is 1. The van der Waals surface area contributed by atoms with Gasteiger partial charge in [-0.1, -0.05) is 18.2 Å². The minimum absolute atomic E-state index is 0.422. The van der Waals surface area contributed by atoms with E-state index in [1.54, 1.807) is 6.20 Å². The third kappa shape index (κ3) is 1.18. The van der Waals surface area contributed by atoms with Crippen LogP contribution in [0, 0.1) is 0 Å². The summed E-state index contributed by atoms with van der Waals surface area (Å²) in [6.07, 6.45) is 0.150. The van der Waals surface area contributed by atoms with Crippen molar-refractivity contribution in [2.75, 3.05) is 0 Å². The highest BCUT2D eigenvalue weighted by atomic mass is 16.6. The molecule has 2 amide bonds. The van der Waals surface area contributed by atoms with E-state index in [9.17, 15) is 9.59 Å². The number of alkyl carbamates (subject to hydrolysis) is 1. The number of H-pyrrole nitrogens is 1. The highest BCUT2D eigenvalue weighted by Crippen LogP contribution is 2.28. The van der Waals surface area contributed by atoms with Gasteiger partial charge in [0.1, 0.15) is 0 Å². The summed E-state index contributed by atoms with van der Waals surface area (Å²) in [5.74, 6) is -0.422. The second-order valence-corrected chi connectivity index (χ2v) is 3.56. The van der Waals surface area contributed by atoms with Crippen molar-refractivity contribution in [3.8, 4) is 0 Å². The average molecular weight is 216 g/mol. The number of para-hydroxylation sites is 1. The molecule has 1 aliphatic heterocycles. The number of fused-ring (bicyclic) bond motifs is 1. The lowest BCUT2D eigenvalue weighted by atomic mass is 10.1. The summed E-state index contributed by atoms with van der Waals surface area (Å²) >= 11 is 0. The van der Waals surface area contributed by atoms with Gasteiger partial charge in [0.25, 0.3) is 5.91 Å². The van der Waals surface area contributed by atoms with Gasteiger partial charge in [0, 0.05) is 22.7 Å². The molecule has 16 heavy (non-hydrogen) atoms. The largest absolute Gasteiger partial charge is 0.431 e. The molecule has 0 radical (unpaired) electrons. The molecule has 0 spiro atoms. The molecule has 0 aliphatic carbocycles. The first-order valence-corrected chi connectivity index (χ1v) is 4.83. The Balaban J connectivity index is 2.13. The van der Waals surface area contributed by atoms with E-state index in [4.69, 9.17) is 4.74 Å². The van der Waals surface area contributed by atoms with Crippen molar-refractivity contribution in [1.82, 2.24) is 10.3 Å². The Labute approximate surface area is 90.4 Å². The topological polar surface area (TPSA) is 71.2 Å². The Hall–Kier alpha value is -2.30. The van der Waals surface area contributed by atoms with Gasteiger partial charge in [-0.25, -0.2) is 4.79 Å². The molecule has 1 aliphatic rings. The number of carbonyl (C=O) groups is 2. The van der Waals surface area contributed by atoms with E-state index in [2.05, 4.69) is 10.3 Å². The number of amides is 2. The molecule has 2 N–H and O–H groups in total. The summed E-state index contributed by atoms with van der Waals surface area (Å²) in [6, 6.07) is 7.53. The van der Waals surface area contributed by atoms with Crippen LogP contribution in [0.1, 0.15) is 11.7 Å². The number of cyclic esters (lactones) is 1. The van der Waals surface area contributed by atoms with Crippen LogP contribution in [0.3, 0.4) is 0 Å². The van der Waals surface area contributed by atoms with Crippen LogP contribution in [0.15, 0.2) is 30.5 Å². The zero-order chi connectivity index (χ0) is 11.1. The fraction of sp³-hybridized carbons (Fsp3) is 0.0909. The number of carbonyl (C=O) groups excluding carboxylic acids is 2. The molecule has 3 rings (SSSR count). The number of imide groups is 1. The normalized spacial score (nSPS) is 19.9. The monoisotopic (exact) mass is 216 g/mol. The van der Waals surface area contributed by atoms with Crippen LogP contribution >= 0.6 is 0 Å². The van der Waals surface area contributed by atoms with E-state index in [1.165, 1.54) is 0 Å². The van der Waals surface area contributed by atoms with Crippen LogP contribution < -0.4 is 5.32 Å². The maximum atomic E-state index is 11.5. The number of hydrogen-bond acceptors (Lipinski definition) is 3. The Kier molecular flexibility index (Phi) is 1.73. The SMILES string of the molecule is O=C1NC(=O)[C@@H](c2c[nH]c3ccccc23)O1. The van der Waals surface area contributed by atoms with Gasteiger partial charge in [-0.05, 0) is 6.07 Å². The van der Waals surface area contributed by atoms with Crippen LogP contribution in [0.25, 0.3) is 10.9 Å². The number of nitrogens with one attached hydrogen (secondary N) is 2. The maximum Gasteiger partial charge on any atom is 0.415 e. The van der Waals surface area contributed by atoms with Crippen molar-refractivity contribution in [2.45, 2.75) is 6.10 Å². The van der Waals surface area contributed by atoms with Gasteiger partial charge in [0.2, 0.25) is 6.10 Å². The smallest absolute Gasteiger partial charge is 0.415 e. The van der Waals surface area contributed by atoms with Gasteiger partial charge in [-0.2, -0.15) is 0 Å². The summed E-state index contributed by atoms with van der Waals surface area (Å²) in [4.78, 5) is 25.4. The Morgan fingerprint density at radius 3 is 2.75 bits per heavy atom. The number of hydrogen-bond donors (Lipinski definition) is 2. The van der Waals surface area contributed by atoms with Crippen molar-refractivity contribution in [1.29, 1.82) is 0 Å². The first-order chi connectivity index (χ1) is 7.75. The Morgan fingerprint density at radius 1 is 1.19 bits per heavy atom. The number of benzene rings is 1. The predicted octanol–water partition coefficient (Wildman–Crippen LogP) is 1.48. The molecule has 1 saturated heterocycles. The summed E-state index contributed by atoms with van der Waals surface area (Å²) in [5.41, 5.74) is 1.59. The van der Waals surface area contributed by atoms with Crippen molar-refractivity contribution < 1.29 is 14.3 Å². The van der Waals surface area contributed by atoms with E-state index >= 15 is 0 Å². The van der Waals surface area contributed by atoms with Gasteiger partial charge in [-0.15, -0.1) is 0 Å². The highest BCUT2D eigenvalue weighted by Gasteiger charge is 2.35. The molecule has 1 atom stereocenters. The molecule has 1 aromatic carbocycles. The fourth-order valence-electron chi connectivity index (χ4n) is 1.87. The molecule has 2 aromatic rings. The predicted molar refractivity (Wildman–Crippen MR) is 55.7 cm³/mol. The molecule has 1 fully saturated rings. The highest BCUT2D eigenvalue weighted by molar-refractivity contribution is 6.02. The van der Waals surface area contributed by atoms with Crippen LogP contribution in [0.5, 0.6) is 0 Å². The molecule has 1 aromatic heterocycles. The van der Waals surface area contributed by atoms with E-state index in [0.717, 1.165) is 10.9 Å². The Morgan fingerprint density at radius 2 is 2.00 bits per heavy atom. The van der Waals surface area contributed by atoms with Crippen molar-refractivity contribution in [2.24, 2.45) is 0 Å². The van der Waals surface area contributed by atoms with Gasteiger partial charge >= 0.3 is 6.09 Å². The van der Waals surface area contributed by atoms with Crippen molar-refractivity contribution in [3.63, 3.8) is 0 Å². The average Bonchev–Trinajstić information content (AvgIpc) is 2.81. The minimum atomic E-state index is -0.844. The number of rotatable bonds is 1. The lowest BCUT2D eigenvalue weighted by Gasteiger charge is -2.03. The third-order valence-corrected chi connectivity index (χ3v) is 2.59. The standard InChI is InChI=1S/C11H8N2O3/c14-10-9(16-11(15)13-10)7-5-12-8-4-2-1-3-6(7)8/h1-5,9,12H,(H,13,14,15)/t9-/m1/s1. The summed E-state index contributed by atoms with van der Waals surface area (Å²) in [7, 11) is 0. The van der Waals surface area contributed by atoms with Gasteiger partial charge < -0.3 is 9.72 Å². The second kappa shape index (κ2) is 3.10. The summed E-state index contributed by atoms with van der Waals surface area (Å²) in [6.45, 7) is 0. The lowest BCUT2D eigenvalue weighted by Crippen LogP contribution is -2.20. The van der Waals surface area contributed by atoms with Crippen molar-refractivity contribution in [3.05, 3.63) is 36.0 Å². The first kappa shape index (κ1) is 8.96. The summed E-state index contributed by atoms with van der Waals surface area (Å²) in [5, 5.41) is 2.99. The van der Waals surface area contributed by atoms with Crippen LogP contribution in [-0.4, -0.2) is 17.0 Å². The quantitative estimate of drug-likeness (QED) is 0.758. The van der Waals surface area contributed by atoms with Crippen LogP contribution in [0.4, 0.5) is 4.79 Å². The summed E-state index contributed by atoms with van der Waals surface area (Å²) < 4.78 is 4.91. The second-order valence-electron chi connectivity index (χ2n) is 3.56. The molecular formula is C11H8N2O3. The molecule has 0 unspecified atom stereocenters. The van der Waals surface area contributed by atoms with E-state index in [0.29, 0.717) is 5.56 Å². The van der Waals surface area contributed by atoms with Gasteiger partial charge in [-0.3, -0.25) is 10.1 Å². The molecule has 5 heteroatoms. The van der Waals surface area contributed by atoms with Crippen LogP contribution in [-0.2, 0) is 9.53 Å². The molecule has 80 valence electrons. The van der Waals surface area contributed by atoms with E-state index < -0.39 is 18.1 Å². The molecular weight excluding hydrogens is 208 g/mol. The van der Waals surface area contributed by atoms with Crippen molar-refractivity contribution >= 4 is 22.9 Å². The number of aromatic nitrogens is 1. The first-order valence-electron chi connectivity index (χ1n) is 4.83. The van der Waals surface area contributed by atoms with Gasteiger partial charge in [0.05, 0.1) is 0 Å².